The van der Waals surface area contributed by atoms with Crippen LogP contribution in [0.4, 0.5) is 14.5 Å². The minimum Gasteiger partial charge on any atom is -0.474 e. The van der Waals surface area contributed by atoms with E-state index in [-0.39, 0.29) is 36.9 Å². The topological polar surface area (TPSA) is 126 Å². The summed E-state index contributed by atoms with van der Waals surface area (Å²) in [5, 5.41) is 10.1. The van der Waals surface area contributed by atoms with E-state index in [1.807, 2.05) is 20.8 Å². The molecule has 0 saturated heterocycles. The number of ether oxygens (including phenoxy) is 3. The predicted molar refractivity (Wildman–Crippen MR) is 139 cm³/mol. The van der Waals surface area contributed by atoms with Crippen molar-refractivity contribution in [3.63, 3.8) is 0 Å². The van der Waals surface area contributed by atoms with Crippen LogP contribution in [-0.2, 0) is 20.7 Å². The molecule has 1 saturated carbocycles. The lowest BCUT2D eigenvalue weighted by Crippen LogP contribution is -2.45. The first kappa shape index (κ1) is 29.1. The monoisotopic (exact) mass is 558 g/mol. The molecule has 2 heterocycles. The molecule has 1 N–H and O–H groups in total. The van der Waals surface area contributed by atoms with Crippen molar-refractivity contribution in [3.8, 4) is 5.88 Å². The Balaban J connectivity index is 1.29. The number of hydrogen-bond donors (Lipinski definition) is 1. The van der Waals surface area contributed by atoms with Gasteiger partial charge in [0.15, 0.2) is 11.6 Å². The molecule has 214 valence electrons. The summed E-state index contributed by atoms with van der Waals surface area (Å²) in [4.78, 5) is 29.7. The smallest absolute Gasteiger partial charge is 0.314 e. The van der Waals surface area contributed by atoms with Gasteiger partial charge in [0.25, 0.3) is 0 Å². The first-order valence-corrected chi connectivity index (χ1v) is 12.9. The average molecular weight is 559 g/mol. The van der Waals surface area contributed by atoms with Crippen molar-refractivity contribution in [2.75, 3.05) is 19.0 Å². The molecule has 0 radical (unpaired) electrons. The van der Waals surface area contributed by atoms with Gasteiger partial charge in [-0.2, -0.15) is 0 Å². The number of halogens is 2. The van der Waals surface area contributed by atoms with Gasteiger partial charge in [-0.3, -0.25) is 9.59 Å². The van der Waals surface area contributed by atoms with Crippen molar-refractivity contribution < 1.29 is 37.0 Å². The summed E-state index contributed by atoms with van der Waals surface area (Å²) in [6.45, 7) is 5.82. The number of amides is 1. The molecule has 1 aliphatic rings. The Hall–Kier alpha value is -3.93. The zero-order valence-corrected chi connectivity index (χ0v) is 22.8. The number of pyridine rings is 1. The van der Waals surface area contributed by atoms with E-state index in [9.17, 15) is 18.4 Å². The van der Waals surface area contributed by atoms with Gasteiger partial charge in [0.2, 0.25) is 11.8 Å². The van der Waals surface area contributed by atoms with Crippen LogP contribution < -0.4 is 10.1 Å². The number of benzene rings is 1. The van der Waals surface area contributed by atoms with E-state index >= 15 is 0 Å². The predicted octanol–water partition coefficient (Wildman–Crippen LogP) is 4.88. The van der Waals surface area contributed by atoms with Crippen molar-refractivity contribution in [2.45, 2.75) is 64.6 Å². The molecule has 40 heavy (non-hydrogen) atoms. The molecule has 2 aromatic heterocycles. The van der Waals surface area contributed by atoms with Crippen LogP contribution in [-0.4, -0.2) is 52.5 Å². The van der Waals surface area contributed by atoms with Crippen LogP contribution in [0.5, 0.6) is 5.88 Å². The van der Waals surface area contributed by atoms with E-state index in [0.717, 1.165) is 12.1 Å². The number of carbonyl (C=O) groups is 2. The molecule has 3 aromatic rings. The molecule has 1 aromatic carbocycles. The Morgan fingerprint density at radius 2 is 1.85 bits per heavy atom. The SMILES string of the molecule is COCC1(C(=O)OC(C)(C)C)CCC(Oc2ccc(NC(=O)c3nnc(Cc4ccc(F)c(F)c4)o3)cn2)CC1. The first-order chi connectivity index (χ1) is 19.0. The summed E-state index contributed by atoms with van der Waals surface area (Å²) >= 11 is 0. The number of aromatic nitrogens is 3. The molecule has 1 amide bonds. The Labute approximate surface area is 230 Å². The van der Waals surface area contributed by atoms with Gasteiger partial charge in [0.05, 0.1) is 30.3 Å². The third-order valence-corrected chi connectivity index (χ3v) is 6.42. The number of methoxy groups -OCH3 is 1. The second-order valence-corrected chi connectivity index (χ2v) is 10.8. The lowest BCUT2D eigenvalue weighted by Gasteiger charge is -2.39. The van der Waals surface area contributed by atoms with Crippen LogP contribution in [0, 0.1) is 17.0 Å². The second kappa shape index (κ2) is 12.1. The summed E-state index contributed by atoms with van der Waals surface area (Å²) in [6, 6.07) is 6.67. The van der Waals surface area contributed by atoms with E-state index in [1.165, 1.54) is 12.3 Å². The Morgan fingerprint density at radius 3 is 2.48 bits per heavy atom. The van der Waals surface area contributed by atoms with Gasteiger partial charge >= 0.3 is 17.8 Å². The van der Waals surface area contributed by atoms with Crippen molar-refractivity contribution in [3.05, 3.63) is 65.5 Å². The van der Waals surface area contributed by atoms with Crippen LogP contribution in [0.2, 0.25) is 0 Å². The van der Waals surface area contributed by atoms with Gasteiger partial charge < -0.3 is 23.9 Å². The highest BCUT2D eigenvalue weighted by atomic mass is 19.2. The number of esters is 1. The highest BCUT2D eigenvalue weighted by Gasteiger charge is 2.45. The summed E-state index contributed by atoms with van der Waals surface area (Å²) in [6.07, 6.45) is 3.74. The number of rotatable bonds is 9. The highest BCUT2D eigenvalue weighted by molar-refractivity contribution is 6.00. The van der Waals surface area contributed by atoms with Crippen molar-refractivity contribution in [2.24, 2.45) is 5.41 Å². The van der Waals surface area contributed by atoms with E-state index in [2.05, 4.69) is 20.5 Å². The summed E-state index contributed by atoms with van der Waals surface area (Å²) < 4.78 is 48.9. The first-order valence-electron chi connectivity index (χ1n) is 12.9. The Bertz CT molecular complexity index is 1330. The number of carbonyl (C=O) groups excluding carboxylic acids is 2. The normalized spacial score (nSPS) is 19.2. The third kappa shape index (κ3) is 7.38. The van der Waals surface area contributed by atoms with Gasteiger partial charge in [-0.15, -0.1) is 10.2 Å². The van der Waals surface area contributed by atoms with E-state index < -0.39 is 28.6 Å². The molecule has 4 rings (SSSR count). The van der Waals surface area contributed by atoms with Crippen LogP contribution in [0.15, 0.2) is 40.9 Å². The number of anilines is 1. The Morgan fingerprint density at radius 1 is 1.10 bits per heavy atom. The van der Waals surface area contributed by atoms with Gasteiger partial charge in [0, 0.05) is 13.2 Å². The van der Waals surface area contributed by atoms with Crippen molar-refractivity contribution in [1.82, 2.24) is 15.2 Å². The number of hydrogen-bond acceptors (Lipinski definition) is 9. The fourth-order valence-corrected chi connectivity index (χ4v) is 4.45. The molecule has 0 unspecified atom stereocenters. The van der Waals surface area contributed by atoms with Crippen LogP contribution in [0.25, 0.3) is 0 Å². The van der Waals surface area contributed by atoms with Crippen molar-refractivity contribution >= 4 is 17.6 Å². The van der Waals surface area contributed by atoms with Gasteiger partial charge in [-0.05, 0) is 70.2 Å². The van der Waals surface area contributed by atoms with E-state index in [1.54, 1.807) is 19.2 Å². The minimum atomic E-state index is -0.988. The quantitative estimate of drug-likeness (QED) is 0.366. The number of nitrogens with one attached hydrogen (secondary N) is 1. The van der Waals surface area contributed by atoms with Crippen molar-refractivity contribution in [1.29, 1.82) is 0 Å². The fraction of sp³-hybridized carbons (Fsp3) is 0.464. The maximum absolute atomic E-state index is 13.4. The maximum Gasteiger partial charge on any atom is 0.314 e. The van der Waals surface area contributed by atoms with Gasteiger partial charge in [0.1, 0.15) is 11.7 Å². The minimum absolute atomic E-state index is 0.0383. The largest absolute Gasteiger partial charge is 0.474 e. The molecular weight excluding hydrogens is 526 g/mol. The van der Waals surface area contributed by atoms with Crippen LogP contribution >= 0.6 is 0 Å². The number of nitrogens with zero attached hydrogens (tertiary/aromatic N) is 3. The summed E-state index contributed by atoms with van der Waals surface area (Å²) in [5.41, 5.74) is -0.484. The molecular formula is C28H32F2N4O6. The van der Waals surface area contributed by atoms with Gasteiger partial charge in [-0.25, -0.2) is 13.8 Å². The third-order valence-electron chi connectivity index (χ3n) is 6.42. The summed E-state index contributed by atoms with van der Waals surface area (Å²) in [5.74, 6) is -2.68. The molecule has 0 spiro atoms. The zero-order valence-electron chi connectivity index (χ0n) is 22.8. The van der Waals surface area contributed by atoms with Crippen LogP contribution in [0.3, 0.4) is 0 Å². The lowest BCUT2D eigenvalue weighted by atomic mass is 9.73. The molecule has 0 bridgehead atoms. The standard InChI is InChI=1S/C28H32F2N4O6/c1-27(2,3)40-26(36)28(16-37-4)11-9-19(10-12-28)38-22-8-6-18(15-31-22)32-24(35)25-34-33-23(39-25)14-17-5-7-20(29)21(30)13-17/h5-8,13,15,19H,9-12,14,16H2,1-4H3,(H,32,35). The molecule has 12 heteroatoms. The molecule has 1 fully saturated rings. The lowest BCUT2D eigenvalue weighted by molar-refractivity contribution is -0.175. The molecule has 10 nitrogen and oxygen atoms in total. The highest BCUT2D eigenvalue weighted by Crippen LogP contribution is 2.40. The molecule has 1 aliphatic carbocycles. The summed E-state index contributed by atoms with van der Waals surface area (Å²) in [7, 11) is 1.58. The van der Waals surface area contributed by atoms with Gasteiger partial charge in [-0.1, -0.05) is 6.07 Å². The van der Waals surface area contributed by atoms with E-state index in [4.69, 9.17) is 18.6 Å². The Kier molecular flexibility index (Phi) is 8.77. The second-order valence-electron chi connectivity index (χ2n) is 10.8. The fourth-order valence-electron chi connectivity index (χ4n) is 4.45. The van der Waals surface area contributed by atoms with Crippen LogP contribution in [0.1, 0.15) is 68.6 Å². The average Bonchev–Trinajstić information content (AvgIpc) is 3.36. The molecule has 0 aliphatic heterocycles. The molecule has 0 atom stereocenters. The maximum atomic E-state index is 13.4. The van der Waals surface area contributed by atoms with E-state index in [0.29, 0.717) is 42.8 Å². The zero-order chi connectivity index (χ0) is 28.9.